The van der Waals surface area contributed by atoms with E-state index in [-0.39, 0.29) is 6.61 Å². The minimum absolute atomic E-state index is 0.297. The molecular formula is C21H39FO4. The monoisotopic (exact) mass is 374 g/mol. The van der Waals surface area contributed by atoms with Gasteiger partial charge in [0.15, 0.2) is 5.41 Å². The molecule has 0 atom stereocenters. The van der Waals surface area contributed by atoms with Gasteiger partial charge in [0.1, 0.15) is 13.3 Å². The van der Waals surface area contributed by atoms with Crippen molar-refractivity contribution in [2.75, 3.05) is 19.9 Å². The average Bonchev–Trinajstić information content (AvgIpc) is 2.65. The number of unbranched alkanes of at least 4 members (excludes halogenated alkanes) is 9. The number of hydrogen-bond donors (Lipinski definition) is 0. The second kappa shape index (κ2) is 16.1. The lowest BCUT2D eigenvalue weighted by atomic mass is 9.82. The van der Waals surface area contributed by atoms with Crippen molar-refractivity contribution in [1.82, 2.24) is 0 Å². The van der Waals surface area contributed by atoms with Crippen molar-refractivity contribution in [2.24, 2.45) is 5.41 Å². The van der Waals surface area contributed by atoms with Crippen molar-refractivity contribution < 1.29 is 23.5 Å². The largest absolute Gasteiger partial charge is 0.465 e. The van der Waals surface area contributed by atoms with Crippen LogP contribution in [0.25, 0.3) is 0 Å². The topological polar surface area (TPSA) is 52.6 Å². The molecule has 0 unspecified atom stereocenters. The summed E-state index contributed by atoms with van der Waals surface area (Å²) in [5, 5.41) is 0. The number of carbonyl (C=O) groups excluding carboxylic acids is 2. The molecule has 0 aromatic carbocycles. The summed E-state index contributed by atoms with van der Waals surface area (Å²) in [4.78, 5) is 24.5. The van der Waals surface area contributed by atoms with E-state index in [1.54, 1.807) is 13.8 Å². The Balaban J connectivity index is 3.95. The third-order valence-corrected chi connectivity index (χ3v) is 5.03. The van der Waals surface area contributed by atoms with Gasteiger partial charge in [-0.2, -0.15) is 0 Å². The lowest BCUT2D eigenvalue weighted by molar-refractivity contribution is -0.173. The highest BCUT2D eigenvalue weighted by atomic mass is 19.1. The molecule has 154 valence electrons. The maximum Gasteiger partial charge on any atom is 0.323 e. The van der Waals surface area contributed by atoms with Crippen molar-refractivity contribution in [1.29, 1.82) is 0 Å². The number of alkyl halides is 1. The van der Waals surface area contributed by atoms with Crippen LogP contribution in [0.3, 0.4) is 0 Å². The van der Waals surface area contributed by atoms with Crippen molar-refractivity contribution >= 4 is 11.9 Å². The van der Waals surface area contributed by atoms with Gasteiger partial charge in [0, 0.05) is 0 Å². The molecule has 0 heterocycles. The van der Waals surface area contributed by atoms with Gasteiger partial charge in [-0.3, -0.25) is 9.59 Å². The molecule has 0 aliphatic carbocycles. The van der Waals surface area contributed by atoms with Crippen molar-refractivity contribution in [3.05, 3.63) is 0 Å². The molecule has 5 heteroatoms. The molecular weight excluding hydrogens is 335 g/mol. The maximum atomic E-state index is 12.4. The molecule has 4 nitrogen and oxygen atoms in total. The lowest BCUT2D eigenvalue weighted by Gasteiger charge is -2.26. The van der Waals surface area contributed by atoms with E-state index in [2.05, 4.69) is 6.92 Å². The molecule has 0 radical (unpaired) electrons. The van der Waals surface area contributed by atoms with Crippen LogP contribution in [-0.2, 0) is 19.1 Å². The van der Waals surface area contributed by atoms with Gasteiger partial charge in [-0.1, -0.05) is 78.6 Å². The molecule has 0 aliphatic rings. The Bertz CT molecular complexity index is 367. The number of carbonyl (C=O) groups is 2. The van der Waals surface area contributed by atoms with Crippen LogP contribution in [0.5, 0.6) is 0 Å². The third-order valence-electron chi connectivity index (χ3n) is 5.03. The predicted molar refractivity (Wildman–Crippen MR) is 103 cm³/mol. The summed E-state index contributed by atoms with van der Waals surface area (Å²) in [7, 11) is 0. The lowest BCUT2D eigenvalue weighted by Crippen LogP contribution is -2.41. The smallest absolute Gasteiger partial charge is 0.323 e. The van der Waals surface area contributed by atoms with Crippen LogP contribution in [0.15, 0.2) is 0 Å². The predicted octanol–water partition coefficient (Wildman–Crippen LogP) is 5.77. The number of halogens is 1. The Labute approximate surface area is 159 Å². The quantitative estimate of drug-likeness (QED) is 0.184. The molecule has 0 aromatic rings. The Morgan fingerprint density at radius 2 is 1.12 bits per heavy atom. The van der Waals surface area contributed by atoms with Crippen LogP contribution in [0, 0.1) is 5.41 Å². The molecule has 0 saturated heterocycles. The van der Waals surface area contributed by atoms with E-state index >= 15 is 0 Å². The number of esters is 2. The van der Waals surface area contributed by atoms with Crippen LogP contribution < -0.4 is 0 Å². The Hall–Kier alpha value is -1.13. The Morgan fingerprint density at radius 3 is 1.54 bits per heavy atom. The summed E-state index contributed by atoms with van der Waals surface area (Å²) in [6.07, 6.45) is 12.7. The van der Waals surface area contributed by atoms with Crippen molar-refractivity contribution in [3.8, 4) is 0 Å². The summed E-state index contributed by atoms with van der Waals surface area (Å²) in [5.41, 5.74) is -1.30. The van der Waals surface area contributed by atoms with E-state index in [0.717, 1.165) is 19.3 Å². The highest BCUT2D eigenvalue weighted by Crippen LogP contribution is 2.30. The van der Waals surface area contributed by atoms with E-state index in [0.29, 0.717) is 19.4 Å². The van der Waals surface area contributed by atoms with Crippen LogP contribution >= 0.6 is 0 Å². The summed E-state index contributed by atoms with van der Waals surface area (Å²) < 4.78 is 22.4. The van der Waals surface area contributed by atoms with Gasteiger partial charge in [-0.25, -0.2) is 4.39 Å². The maximum absolute atomic E-state index is 12.4. The van der Waals surface area contributed by atoms with Crippen LogP contribution in [-0.4, -0.2) is 31.8 Å². The summed E-state index contributed by atoms with van der Waals surface area (Å²) in [5.74, 6) is -1.21. The first-order valence-electron chi connectivity index (χ1n) is 10.5. The van der Waals surface area contributed by atoms with Gasteiger partial charge >= 0.3 is 11.9 Å². The molecule has 0 aliphatic heterocycles. The zero-order valence-corrected chi connectivity index (χ0v) is 17.1. The van der Waals surface area contributed by atoms with Crippen LogP contribution in [0.1, 0.15) is 97.8 Å². The second-order valence-corrected chi connectivity index (χ2v) is 6.93. The SMILES string of the molecule is CCCCCCCCCCCCOC(=O)C(CC)(CC)C(=O)OCCF. The van der Waals surface area contributed by atoms with Crippen molar-refractivity contribution in [3.63, 3.8) is 0 Å². The molecule has 0 spiro atoms. The minimum atomic E-state index is -1.30. The first-order valence-corrected chi connectivity index (χ1v) is 10.5. The standard InChI is InChI=1S/C21H39FO4/c1-4-7-8-9-10-11-12-13-14-15-17-25-19(23)21(5-2,6-3)20(24)26-18-16-22/h4-18H2,1-3H3. The summed E-state index contributed by atoms with van der Waals surface area (Å²) in [6, 6.07) is 0. The number of rotatable bonds is 17. The fraction of sp³-hybridized carbons (Fsp3) is 0.905. The van der Waals surface area contributed by atoms with Gasteiger partial charge in [0.25, 0.3) is 0 Å². The van der Waals surface area contributed by atoms with Crippen molar-refractivity contribution in [2.45, 2.75) is 97.8 Å². The number of ether oxygens (including phenoxy) is 2. The molecule has 0 bridgehead atoms. The zero-order chi connectivity index (χ0) is 19.7. The summed E-state index contributed by atoms with van der Waals surface area (Å²) >= 11 is 0. The van der Waals surface area contributed by atoms with E-state index < -0.39 is 24.0 Å². The third kappa shape index (κ3) is 9.54. The normalized spacial score (nSPS) is 11.4. The minimum Gasteiger partial charge on any atom is -0.465 e. The first-order chi connectivity index (χ1) is 12.6. The fourth-order valence-electron chi connectivity index (χ4n) is 3.07. The van der Waals surface area contributed by atoms with Gasteiger partial charge < -0.3 is 9.47 Å². The van der Waals surface area contributed by atoms with E-state index in [9.17, 15) is 14.0 Å². The van der Waals surface area contributed by atoms with E-state index in [4.69, 9.17) is 9.47 Å². The molecule has 0 fully saturated rings. The van der Waals surface area contributed by atoms with Gasteiger partial charge in [0.05, 0.1) is 6.61 Å². The Kier molecular flexibility index (Phi) is 15.4. The first kappa shape index (κ1) is 24.9. The molecule has 0 amide bonds. The molecule has 26 heavy (non-hydrogen) atoms. The molecule has 0 N–H and O–H groups in total. The van der Waals surface area contributed by atoms with Crippen LogP contribution in [0.4, 0.5) is 4.39 Å². The zero-order valence-electron chi connectivity index (χ0n) is 17.1. The fourth-order valence-corrected chi connectivity index (χ4v) is 3.07. The molecule has 0 rings (SSSR count). The second-order valence-electron chi connectivity index (χ2n) is 6.93. The van der Waals surface area contributed by atoms with Gasteiger partial charge in [0.2, 0.25) is 0 Å². The summed E-state index contributed by atoms with van der Waals surface area (Å²) in [6.45, 7) is 5.00. The molecule has 0 aromatic heterocycles. The van der Waals surface area contributed by atoms with E-state index in [1.165, 1.54) is 44.9 Å². The highest BCUT2D eigenvalue weighted by molar-refractivity contribution is 5.99. The average molecular weight is 375 g/mol. The van der Waals surface area contributed by atoms with Gasteiger partial charge in [-0.15, -0.1) is 0 Å². The van der Waals surface area contributed by atoms with Crippen LogP contribution in [0.2, 0.25) is 0 Å². The molecule has 0 saturated carbocycles. The Morgan fingerprint density at radius 1 is 0.692 bits per heavy atom. The van der Waals surface area contributed by atoms with E-state index in [1.807, 2.05) is 0 Å². The number of hydrogen-bond acceptors (Lipinski definition) is 4. The highest BCUT2D eigenvalue weighted by Gasteiger charge is 2.45. The van der Waals surface area contributed by atoms with Gasteiger partial charge in [-0.05, 0) is 19.3 Å².